The molecule has 2 heterocycles. The van der Waals surface area contributed by atoms with Crippen LogP contribution in [-0.2, 0) is 10.0 Å². The Balaban J connectivity index is 1.72. The molecular formula is C16H17FN2O4S. The van der Waals surface area contributed by atoms with Gasteiger partial charge in [0.2, 0.25) is 15.9 Å². The summed E-state index contributed by atoms with van der Waals surface area (Å²) < 4.78 is 50.5. The lowest BCUT2D eigenvalue weighted by molar-refractivity contribution is 0.0718. The molecule has 3 rings (SSSR count). The molecular weight excluding hydrogens is 335 g/mol. The average molecular weight is 352 g/mol. The summed E-state index contributed by atoms with van der Waals surface area (Å²) in [6.45, 7) is 2.20. The quantitative estimate of drug-likeness (QED) is 0.823. The normalized spacial score (nSPS) is 15.8. The lowest BCUT2D eigenvalue weighted by Gasteiger charge is -2.37. The summed E-state index contributed by atoms with van der Waals surface area (Å²) >= 11 is 0. The Kier molecular flexibility index (Phi) is 4.42. The third kappa shape index (κ3) is 3.20. The van der Waals surface area contributed by atoms with Crippen LogP contribution in [0.15, 0.2) is 41.3 Å². The number of ether oxygens (including phenoxy) is 2. The van der Waals surface area contributed by atoms with Crippen molar-refractivity contribution in [3.8, 4) is 11.6 Å². The summed E-state index contributed by atoms with van der Waals surface area (Å²) in [5.74, 6) is -0.0619. The zero-order chi connectivity index (χ0) is 17.3. The molecule has 0 unspecified atom stereocenters. The molecule has 2 aromatic rings. The van der Waals surface area contributed by atoms with Gasteiger partial charge in [-0.15, -0.1) is 0 Å². The number of benzene rings is 1. The van der Waals surface area contributed by atoms with Gasteiger partial charge in [-0.1, -0.05) is 6.07 Å². The van der Waals surface area contributed by atoms with Crippen LogP contribution in [0.2, 0.25) is 0 Å². The van der Waals surface area contributed by atoms with Crippen LogP contribution in [0.25, 0.3) is 0 Å². The lowest BCUT2D eigenvalue weighted by Crippen LogP contribution is -2.56. The second-order valence-electron chi connectivity index (χ2n) is 5.47. The van der Waals surface area contributed by atoms with Gasteiger partial charge in [-0.05, 0) is 31.2 Å². The van der Waals surface area contributed by atoms with Crippen LogP contribution < -0.4 is 9.47 Å². The highest BCUT2D eigenvalue weighted by Gasteiger charge is 2.39. The minimum Gasteiger partial charge on any atom is -0.495 e. The minimum atomic E-state index is -3.83. The monoisotopic (exact) mass is 352 g/mol. The first-order valence-electron chi connectivity index (χ1n) is 7.34. The molecule has 0 aliphatic carbocycles. The fourth-order valence-corrected chi connectivity index (χ4v) is 4.09. The average Bonchev–Trinajstić information content (AvgIpc) is 2.50. The van der Waals surface area contributed by atoms with Crippen molar-refractivity contribution >= 4 is 10.0 Å². The molecule has 0 amide bonds. The third-order valence-electron chi connectivity index (χ3n) is 3.71. The van der Waals surface area contributed by atoms with Crippen molar-refractivity contribution in [2.24, 2.45) is 0 Å². The molecule has 1 aliphatic rings. The lowest BCUT2D eigenvalue weighted by atomic mass is 10.2. The number of aryl methyl sites for hydroxylation is 1. The van der Waals surface area contributed by atoms with Gasteiger partial charge < -0.3 is 9.47 Å². The van der Waals surface area contributed by atoms with E-state index in [0.717, 1.165) is 17.8 Å². The van der Waals surface area contributed by atoms with E-state index in [0.29, 0.717) is 5.88 Å². The van der Waals surface area contributed by atoms with Gasteiger partial charge in [0.05, 0.1) is 20.2 Å². The summed E-state index contributed by atoms with van der Waals surface area (Å²) in [7, 11) is -2.49. The van der Waals surface area contributed by atoms with E-state index in [1.54, 1.807) is 6.07 Å². The molecule has 8 heteroatoms. The van der Waals surface area contributed by atoms with Crippen LogP contribution in [0, 0.1) is 12.7 Å². The molecule has 1 aromatic heterocycles. The van der Waals surface area contributed by atoms with Crippen molar-refractivity contribution in [3.05, 3.63) is 47.9 Å². The number of halogens is 1. The van der Waals surface area contributed by atoms with Gasteiger partial charge in [0.15, 0.2) is 0 Å². The zero-order valence-electron chi connectivity index (χ0n) is 13.3. The highest BCUT2D eigenvalue weighted by atomic mass is 32.2. The molecule has 128 valence electrons. The van der Waals surface area contributed by atoms with E-state index in [4.69, 9.17) is 9.47 Å². The number of hydrogen-bond donors (Lipinski definition) is 0. The zero-order valence-corrected chi connectivity index (χ0v) is 14.1. The molecule has 1 fully saturated rings. The van der Waals surface area contributed by atoms with E-state index in [1.165, 1.54) is 17.5 Å². The summed E-state index contributed by atoms with van der Waals surface area (Å²) in [5.41, 5.74) is 0.820. The van der Waals surface area contributed by atoms with Crippen LogP contribution in [0.1, 0.15) is 5.69 Å². The Morgan fingerprint density at radius 2 is 2.00 bits per heavy atom. The molecule has 24 heavy (non-hydrogen) atoms. The summed E-state index contributed by atoms with van der Waals surface area (Å²) in [6.07, 6.45) is -0.284. The first-order chi connectivity index (χ1) is 11.4. The van der Waals surface area contributed by atoms with E-state index in [-0.39, 0.29) is 29.8 Å². The van der Waals surface area contributed by atoms with Gasteiger partial charge in [-0.25, -0.2) is 17.8 Å². The molecule has 1 saturated heterocycles. The summed E-state index contributed by atoms with van der Waals surface area (Å²) in [4.78, 5) is 4.04. The Labute approximate surface area is 139 Å². The molecule has 1 aromatic carbocycles. The van der Waals surface area contributed by atoms with Crippen LogP contribution in [0.4, 0.5) is 4.39 Å². The largest absolute Gasteiger partial charge is 0.495 e. The van der Waals surface area contributed by atoms with Crippen LogP contribution in [0.3, 0.4) is 0 Å². The number of hydrogen-bond acceptors (Lipinski definition) is 5. The van der Waals surface area contributed by atoms with Crippen molar-refractivity contribution in [3.63, 3.8) is 0 Å². The molecule has 1 aliphatic heterocycles. The SMILES string of the molecule is COc1ccc(F)cc1S(=O)(=O)N1CC(Oc2cccc(C)n2)C1. The topological polar surface area (TPSA) is 68.7 Å². The van der Waals surface area contributed by atoms with E-state index in [9.17, 15) is 12.8 Å². The van der Waals surface area contributed by atoms with Gasteiger partial charge >= 0.3 is 0 Å². The molecule has 6 nitrogen and oxygen atoms in total. The standard InChI is InChI=1S/C16H17FN2O4S/c1-11-4-3-5-16(18-11)23-13-9-19(10-13)24(20,21)15-8-12(17)6-7-14(15)22-2/h3-8,13H,9-10H2,1-2H3. The summed E-state index contributed by atoms with van der Waals surface area (Å²) in [6, 6.07) is 8.81. The second-order valence-corrected chi connectivity index (χ2v) is 7.38. The van der Waals surface area contributed by atoms with Crippen LogP contribution >= 0.6 is 0 Å². The Morgan fingerprint density at radius 3 is 2.67 bits per heavy atom. The van der Waals surface area contributed by atoms with E-state index < -0.39 is 15.8 Å². The Morgan fingerprint density at radius 1 is 1.25 bits per heavy atom. The van der Waals surface area contributed by atoms with Crippen molar-refractivity contribution < 1.29 is 22.3 Å². The van der Waals surface area contributed by atoms with Gasteiger partial charge in [0.25, 0.3) is 0 Å². The fourth-order valence-electron chi connectivity index (χ4n) is 2.42. The van der Waals surface area contributed by atoms with Gasteiger partial charge in [-0.2, -0.15) is 4.31 Å². The molecule has 0 saturated carbocycles. The van der Waals surface area contributed by atoms with Gasteiger partial charge in [0.1, 0.15) is 22.6 Å². The number of sulfonamides is 1. The minimum absolute atomic E-state index is 0.112. The molecule has 0 radical (unpaired) electrons. The first kappa shape index (κ1) is 16.7. The number of pyridine rings is 1. The summed E-state index contributed by atoms with van der Waals surface area (Å²) in [5, 5.41) is 0. The molecule has 0 spiro atoms. The van der Waals surface area contributed by atoms with Crippen molar-refractivity contribution in [1.82, 2.24) is 9.29 Å². The van der Waals surface area contributed by atoms with E-state index in [2.05, 4.69) is 4.98 Å². The highest BCUT2D eigenvalue weighted by Crippen LogP contribution is 2.30. The smallest absolute Gasteiger partial charge is 0.247 e. The van der Waals surface area contributed by atoms with E-state index in [1.807, 2.05) is 19.1 Å². The maximum absolute atomic E-state index is 13.4. The van der Waals surface area contributed by atoms with Crippen LogP contribution in [-0.4, -0.2) is 44.0 Å². The number of nitrogens with zero attached hydrogens (tertiary/aromatic N) is 2. The van der Waals surface area contributed by atoms with Crippen LogP contribution in [0.5, 0.6) is 11.6 Å². The second kappa shape index (κ2) is 6.37. The van der Waals surface area contributed by atoms with Gasteiger partial charge in [0, 0.05) is 11.8 Å². The Hall–Kier alpha value is -2.19. The molecule has 0 atom stereocenters. The van der Waals surface area contributed by atoms with E-state index >= 15 is 0 Å². The molecule has 0 bridgehead atoms. The molecule has 0 N–H and O–H groups in total. The number of methoxy groups -OCH3 is 1. The maximum Gasteiger partial charge on any atom is 0.247 e. The maximum atomic E-state index is 13.4. The van der Waals surface area contributed by atoms with Crippen molar-refractivity contribution in [2.75, 3.05) is 20.2 Å². The first-order valence-corrected chi connectivity index (χ1v) is 8.78. The van der Waals surface area contributed by atoms with Crippen molar-refractivity contribution in [1.29, 1.82) is 0 Å². The number of aromatic nitrogens is 1. The highest BCUT2D eigenvalue weighted by molar-refractivity contribution is 7.89. The Bertz CT molecular complexity index is 851. The predicted octanol–water partition coefficient (Wildman–Crippen LogP) is 1.99. The number of rotatable bonds is 5. The third-order valence-corrected chi connectivity index (χ3v) is 5.56. The fraction of sp³-hybridized carbons (Fsp3) is 0.312. The van der Waals surface area contributed by atoms with Crippen molar-refractivity contribution in [2.45, 2.75) is 17.9 Å². The predicted molar refractivity (Wildman–Crippen MR) is 85.1 cm³/mol. The van der Waals surface area contributed by atoms with Gasteiger partial charge in [-0.3, -0.25) is 0 Å².